The summed E-state index contributed by atoms with van der Waals surface area (Å²) in [5.74, 6) is -0.369. The molecule has 3 aromatic rings. The Hall–Kier alpha value is -3.07. The molecule has 0 aliphatic heterocycles. The van der Waals surface area contributed by atoms with Gasteiger partial charge in [0.05, 0.1) is 5.92 Å². The van der Waals surface area contributed by atoms with Crippen LogP contribution < -0.4 is 10.6 Å². The van der Waals surface area contributed by atoms with E-state index in [1.807, 2.05) is 84.9 Å². The summed E-state index contributed by atoms with van der Waals surface area (Å²) in [6, 6.07) is 27.6. The molecule has 0 atom stereocenters. The molecule has 3 heteroatoms. The highest BCUT2D eigenvalue weighted by Gasteiger charge is 2.22. The zero-order valence-corrected chi connectivity index (χ0v) is 15.0. The van der Waals surface area contributed by atoms with Gasteiger partial charge in [0, 0.05) is 17.9 Å². The molecule has 0 spiro atoms. The molecule has 0 heterocycles. The van der Waals surface area contributed by atoms with Gasteiger partial charge in [0.15, 0.2) is 0 Å². The molecule has 0 unspecified atom stereocenters. The van der Waals surface area contributed by atoms with Crippen molar-refractivity contribution in [3.05, 3.63) is 96.1 Å². The summed E-state index contributed by atoms with van der Waals surface area (Å²) in [5, 5.41) is 6.39. The predicted octanol–water partition coefficient (Wildman–Crippen LogP) is 5.28. The second kappa shape index (κ2) is 8.86. The Morgan fingerprint density at radius 2 is 1.27 bits per heavy atom. The Kier molecular flexibility index (Phi) is 6.05. The fraction of sp³-hybridized carbons (Fsp3) is 0.174. The van der Waals surface area contributed by atoms with Crippen LogP contribution in [0.3, 0.4) is 0 Å². The average molecular weight is 344 g/mol. The van der Waals surface area contributed by atoms with Crippen LogP contribution in [0.1, 0.15) is 30.4 Å². The van der Waals surface area contributed by atoms with Gasteiger partial charge in [0.25, 0.3) is 0 Å². The van der Waals surface area contributed by atoms with Gasteiger partial charge in [-0.15, -0.1) is 0 Å². The molecule has 0 bridgehead atoms. The van der Waals surface area contributed by atoms with E-state index >= 15 is 0 Å². The third-order valence-electron chi connectivity index (χ3n) is 4.26. The first kappa shape index (κ1) is 17.7. The highest BCUT2D eigenvalue weighted by Crippen LogP contribution is 2.26. The van der Waals surface area contributed by atoms with Crippen molar-refractivity contribution in [1.29, 1.82) is 0 Å². The van der Waals surface area contributed by atoms with Gasteiger partial charge in [0.2, 0.25) is 5.91 Å². The van der Waals surface area contributed by atoms with Gasteiger partial charge in [-0.1, -0.05) is 67.6 Å². The summed E-state index contributed by atoms with van der Waals surface area (Å²) >= 11 is 0. The smallest absolute Gasteiger partial charge is 0.236 e. The zero-order chi connectivity index (χ0) is 18.2. The van der Waals surface area contributed by atoms with E-state index in [-0.39, 0.29) is 11.8 Å². The number of nitrogens with one attached hydrogen (secondary N) is 2. The molecule has 26 heavy (non-hydrogen) atoms. The maximum Gasteiger partial charge on any atom is 0.236 e. The minimum atomic E-state index is -0.338. The first-order valence-corrected chi connectivity index (χ1v) is 9.02. The molecular formula is C23H24N2O. The normalized spacial score (nSPS) is 10.5. The van der Waals surface area contributed by atoms with Crippen molar-refractivity contribution in [2.24, 2.45) is 0 Å². The molecule has 0 saturated heterocycles. The largest absolute Gasteiger partial charge is 0.385 e. The molecular weight excluding hydrogens is 320 g/mol. The second-order valence-corrected chi connectivity index (χ2v) is 6.25. The van der Waals surface area contributed by atoms with Gasteiger partial charge < -0.3 is 10.6 Å². The van der Waals surface area contributed by atoms with Crippen LogP contribution in [0.25, 0.3) is 0 Å². The first-order chi connectivity index (χ1) is 12.8. The molecule has 0 saturated carbocycles. The lowest BCUT2D eigenvalue weighted by Gasteiger charge is -2.18. The van der Waals surface area contributed by atoms with Gasteiger partial charge in [-0.2, -0.15) is 0 Å². The van der Waals surface area contributed by atoms with E-state index in [0.717, 1.165) is 35.5 Å². The fourth-order valence-electron chi connectivity index (χ4n) is 2.94. The first-order valence-electron chi connectivity index (χ1n) is 9.02. The number of carbonyl (C=O) groups excluding carboxylic acids is 1. The lowest BCUT2D eigenvalue weighted by Crippen LogP contribution is -2.22. The summed E-state index contributed by atoms with van der Waals surface area (Å²) in [4.78, 5) is 13.0. The molecule has 0 aliphatic rings. The van der Waals surface area contributed by atoms with Crippen LogP contribution in [0.4, 0.5) is 11.4 Å². The predicted molar refractivity (Wildman–Crippen MR) is 109 cm³/mol. The van der Waals surface area contributed by atoms with E-state index in [1.54, 1.807) is 0 Å². The van der Waals surface area contributed by atoms with Crippen molar-refractivity contribution in [3.8, 4) is 0 Å². The van der Waals surface area contributed by atoms with Crippen LogP contribution in [-0.4, -0.2) is 12.5 Å². The third-order valence-corrected chi connectivity index (χ3v) is 4.26. The number of anilines is 2. The van der Waals surface area contributed by atoms with E-state index in [1.165, 1.54) is 0 Å². The number of carbonyl (C=O) groups is 1. The van der Waals surface area contributed by atoms with Crippen LogP contribution in [-0.2, 0) is 4.79 Å². The van der Waals surface area contributed by atoms with Crippen LogP contribution in [0, 0.1) is 0 Å². The summed E-state index contributed by atoms with van der Waals surface area (Å²) in [5.41, 5.74) is 3.83. The van der Waals surface area contributed by atoms with Crippen molar-refractivity contribution >= 4 is 17.3 Å². The fourth-order valence-corrected chi connectivity index (χ4v) is 2.94. The molecule has 3 nitrogen and oxygen atoms in total. The third kappa shape index (κ3) is 4.51. The Morgan fingerprint density at radius 3 is 1.77 bits per heavy atom. The van der Waals surface area contributed by atoms with Gasteiger partial charge in [-0.3, -0.25) is 4.79 Å². The summed E-state index contributed by atoms with van der Waals surface area (Å²) < 4.78 is 0. The quantitative estimate of drug-likeness (QED) is 0.612. The minimum absolute atomic E-state index is 0.0309. The number of hydrogen-bond acceptors (Lipinski definition) is 2. The number of benzene rings is 3. The maximum atomic E-state index is 13.0. The molecule has 1 amide bonds. The average Bonchev–Trinajstić information content (AvgIpc) is 2.69. The van der Waals surface area contributed by atoms with Crippen molar-refractivity contribution in [3.63, 3.8) is 0 Å². The van der Waals surface area contributed by atoms with E-state index in [4.69, 9.17) is 0 Å². The maximum absolute atomic E-state index is 13.0. The molecule has 0 aromatic heterocycles. The van der Waals surface area contributed by atoms with E-state index in [2.05, 4.69) is 17.6 Å². The second-order valence-electron chi connectivity index (χ2n) is 6.25. The lowest BCUT2D eigenvalue weighted by atomic mass is 9.90. The monoisotopic (exact) mass is 344 g/mol. The molecule has 132 valence electrons. The summed E-state index contributed by atoms with van der Waals surface area (Å²) in [6.45, 7) is 3.07. The summed E-state index contributed by atoms with van der Waals surface area (Å²) in [6.07, 6.45) is 1.08. The van der Waals surface area contributed by atoms with Crippen molar-refractivity contribution < 1.29 is 4.79 Å². The van der Waals surface area contributed by atoms with Crippen molar-refractivity contribution in [2.45, 2.75) is 19.3 Å². The van der Waals surface area contributed by atoms with Crippen molar-refractivity contribution in [2.75, 3.05) is 17.2 Å². The molecule has 3 rings (SSSR count). The Bertz CT molecular complexity index is 774. The summed E-state index contributed by atoms with van der Waals surface area (Å²) in [7, 11) is 0. The molecule has 0 aliphatic carbocycles. The standard InChI is InChI=1S/C23H24N2O/c1-2-17-24-20-13-15-21(16-14-20)25-23(26)22(18-9-5-3-6-10-18)19-11-7-4-8-12-19/h3-16,22,24H,2,17H2,1H3,(H,25,26). The SMILES string of the molecule is CCCNc1ccc(NC(=O)C(c2ccccc2)c2ccccc2)cc1. The lowest BCUT2D eigenvalue weighted by molar-refractivity contribution is -0.116. The van der Waals surface area contributed by atoms with Crippen molar-refractivity contribution in [1.82, 2.24) is 0 Å². The van der Waals surface area contributed by atoms with Gasteiger partial charge in [-0.05, 0) is 41.8 Å². The molecule has 3 aromatic carbocycles. The van der Waals surface area contributed by atoms with Crippen LogP contribution in [0.5, 0.6) is 0 Å². The Morgan fingerprint density at radius 1 is 0.769 bits per heavy atom. The van der Waals surface area contributed by atoms with E-state index in [0.29, 0.717) is 0 Å². The van der Waals surface area contributed by atoms with E-state index in [9.17, 15) is 4.79 Å². The Labute approximate surface area is 155 Å². The minimum Gasteiger partial charge on any atom is -0.385 e. The highest BCUT2D eigenvalue weighted by molar-refractivity contribution is 5.98. The topological polar surface area (TPSA) is 41.1 Å². The molecule has 2 N–H and O–H groups in total. The molecule has 0 fully saturated rings. The number of hydrogen-bond donors (Lipinski definition) is 2. The van der Waals surface area contributed by atoms with Gasteiger partial charge in [0.1, 0.15) is 0 Å². The number of rotatable bonds is 7. The van der Waals surface area contributed by atoms with Gasteiger partial charge in [-0.25, -0.2) is 0 Å². The van der Waals surface area contributed by atoms with Crippen LogP contribution >= 0.6 is 0 Å². The van der Waals surface area contributed by atoms with Crippen LogP contribution in [0.15, 0.2) is 84.9 Å². The zero-order valence-electron chi connectivity index (χ0n) is 15.0. The van der Waals surface area contributed by atoms with Crippen LogP contribution in [0.2, 0.25) is 0 Å². The highest BCUT2D eigenvalue weighted by atomic mass is 16.1. The number of amides is 1. The Balaban J connectivity index is 1.80. The molecule has 0 radical (unpaired) electrons. The van der Waals surface area contributed by atoms with Gasteiger partial charge >= 0.3 is 0 Å². The van der Waals surface area contributed by atoms with E-state index < -0.39 is 0 Å².